The van der Waals surface area contributed by atoms with Gasteiger partial charge in [-0.1, -0.05) is 19.3 Å². The van der Waals surface area contributed by atoms with Crippen LogP contribution in [0.3, 0.4) is 0 Å². The molecule has 20 heavy (non-hydrogen) atoms. The first-order valence-corrected chi connectivity index (χ1v) is 8.33. The van der Waals surface area contributed by atoms with Gasteiger partial charge in [-0.15, -0.1) is 0 Å². The second kappa shape index (κ2) is 7.99. The van der Waals surface area contributed by atoms with Gasteiger partial charge in [-0.25, -0.2) is 0 Å². The molecule has 0 spiro atoms. The zero-order valence-corrected chi connectivity index (χ0v) is 13.2. The Morgan fingerprint density at radius 2 is 1.80 bits per heavy atom. The number of likely N-dealkylation sites (tertiary alicyclic amines) is 1. The van der Waals surface area contributed by atoms with Crippen molar-refractivity contribution in [2.75, 3.05) is 40.3 Å². The summed E-state index contributed by atoms with van der Waals surface area (Å²) in [4.78, 5) is 16.9. The molecule has 2 aliphatic rings. The Hall–Kier alpha value is -0.610. The highest BCUT2D eigenvalue weighted by Crippen LogP contribution is 2.21. The highest BCUT2D eigenvalue weighted by Gasteiger charge is 2.23. The Morgan fingerprint density at radius 3 is 2.45 bits per heavy atom. The summed E-state index contributed by atoms with van der Waals surface area (Å²) in [5.41, 5.74) is 0. The van der Waals surface area contributed by atoms with Crippen molar-refractivity contribution < 1.29 is 4.79 Å². The minimum Gasteiger partial charge on any atom is -0.355 e. The molecule has 0 unspecified atom stereocenters. The van der Waals surface area contributed by atoms with Crippen LogP contribution in [0.25, 0.3) is 0 Å². The van der Waals surface area contributed by atoms with Gasteiger partial charge in [0.05, 0.1) is 0 Å². The lowest BCUT2D eigenvalue weighted by atomic mass is 9.94. The summed E-state index contributed by atoms with van der Waals surface area (Å²) < 4.78 is 0. The summed E-state index contributed by atoms with van der Waals surface area (Å²) in [6.07, 6.45) is 8.84. The van der Waals surface area contributed by atoms with Crippen LogP contribution in [0.15, 0.2) is 0 Å². The average Bonchev–Trinajstić information content (AvgIpc) is 2.48. The summed E-state index contributed by atoms with van der Waals surface area (Å²) in [6.45, 7) is 3.90. The van der Waals surface area contributed by atoms with Crippen molar-refractivity contribution in [3.05, 3.63) is 0 Å². The van der Waals surface area contributed by atoms with Gasteiger partial charge in [0.25, 0.3) is 0 Å². The Kier molecular flexibility index (Phi) is 6.30. The Balaban J connectivity index is 1.61. The van der Waals surface area contributed by atoms with Gasteiger partial charge >= 0.3 is 0 Å². The normalized spacial score (nSPS) is 23.1. The molecule has 1 amide bonds. The molecule has 2 rings (SSSR count). The second-order valence-corrected chi connectivity index (χ2v) is 6.64. The number of amides is 1. The minimum absolute atomic E-state index is 0.242. The van der Waals surface area contributed by atoms with Gasteiger partial charge in [0.2, 0.25) is 5.91 Å². The molecule has 4 nitrogen and oxygen atoms in total. The van der Waals surface area contributed by atoms with Crippen LogP contribution in [-0.2, 0) is 4.79 Å². The number of likely N-dealkylation sites (N-methyl/N-ethyl adjacent to an activating group) is 1. The third kappa shape index (κ3) is 4.74. The van der Waals surface area contributed by atoms with Crippen molar-refractivity contribution in [3.8, 4) is 0 Å². The van der Waals surface area contributed by atoms with Crippen LogP contribution in [0.4, 0.5) is 0 Å². The van der Waals surface area contributed by atoms with Crippen LogP contribution >= 0.6 is 0 Å². The fraction of sp³-hybridized carbons (Fsp3) is 0.938. The molecule has 0 aromatic carbocycles. The summed E-state index contributed by atoms with van der Waals surface area (Å²) in [5.74, 6) is 0.515. The van der Waals surface area contributed by atoms with E-state index in [1.807, 2.05) is 0 Å². The van der Waals surface area contributed by atoms with Gasteiger partial charge in [-0.3, -0.25) is 4.79 Å². The fourth-order valence-electron chi connectivity index (χ4n) is 3.47. The number of carbonyl (C=O) groups is 1. The van der Waals surface area contributed by atoms with Crippen LogP contribution in [-0.4, -0.2) is 62.0 Å². The molecule has 0 radical (unpaired) electrons. The number of carbonyl (C=O) groups excluding carboxylic acids is 1. The van der Waals surface area contributed by atoms with E-state index in [1.54, 1.807) is 0 Å². The molecule has 0 bridgehead atoms. The molecular formula is C16H31N3O. The summed E-state index contributed by atoms with van der Waals surface area (Å²) in [5, 5.41) is 3.14. The SMILES string of the molecule is CN1CCC(C(=O)NCCN(C)C2CCCCC2)CC1. The van der Waals surface area contributed by atoms with Crippen molar-refractivity contribution in [1.29, 1.82) is 0 Å². The summed E-state index contributed by atoms with van der Waals surface area (Å²) in [6, 6.07) is 0.740. The van der Waals surface area contributed by atoms with Crippen LogP contribution in [0, 0.1) is 5.92 Å². The van der Waals surface area contributed by atoms with Crippen molar-refractivity contribution in [3.63, 3.8) is 0 Å². The first kappa shape index (κ1) is 15.8. The molecule has 1 N–H and O–H groups in total. The molecular weight excluding hydrogens is 250 g/mol. The summed E-state index contributed by atoms with van der Waals surface area (Å²) in [7, 11) is 4.34. The lowest BCUT2D eigenvalue weighted by Gasteiger charge is -2.31. The van der Waals surface area contributed by atoms with Gasteiger partial charge in [0, 0.05) is 25.0 Å². The molecule has 1 aliphatic carbocycles. The van der Waals surface area contributed by atoms with Crippen LogP contribution in [0.5, 0.6) is 0 Å². The van der Waals surface area contributed by atoms with E-state index >= 15 is 0 Å². The summed E-state index contributed by atoms with van der Waals surface area (Å²) >= 11 is 0. The average molecular weight is 281 g/mol. The number of nitrogens with zero attached hydrogens (tertiary/aromatic N) is 2. The first-order valence-electron chi connectivity index (χ1n) is 8.33. The Morgan fingerprint density at radius 1 is 1.15 bits per heavy atom. The van der Waals surface area contributed by atoms with E-state index in [1.165, 1.54) is 32.1 Å². The molecule has 0 aromatic heterocycles. The highest BCUT2D eigenvalue weighted by molar-refractivity contribution is 5.78. The lowest BCUT2D eigenvalue weighted by Crippen LogP contribution is -2.43. The van der Waals surface area contributed by atoms with E-state index in [0.29, 0.717) is 0 Å². The topological polar surface area (TPSA) is 35.6 Å². The molecule has 4 heteroatoms. The fourth-order valence-corrected chi connectivity index (χ4v) is 3.47. The zero-order chi connectivity index (χ0) is 14.4. The molecule has 1 aliphatic heterocycles. The van der Waals surface area contributed by atoms with Crippen molar-refractivity contribution >= 4 is 5.91 Å². The predicted molar refractivity (Wildman–Crippen MR) is 82.7 cm³/mol. The quantitative estimate of drug-likeness (QED) is 0.833. The van der Waals surface area contributed by atoms with Crippen molar-refractivity contribution in [1.82, 2.24) is 15.1 Å². The second-order valence-electron chi connectivity index (χ2n) is 6.64. The smallest absolute Gasteiger partial charge is 0.223 e. The molecule has 0 aromatic rings. The molecule has 1 heterocycles. The van der Waals surface area contributed by atoms with Crippen LogP contribution < -0.4 is 5.32 Å². The van der Waals surface area contributed by atoms with Gasteiger partial charge in [-0.2, -0.15) is 0 Å². The largest absolute Gasteiger partial charge is 0.355 e. The maximum Gasteiger partial charge on any atom is 0.223 e. The number of rotatable bonds is 5. The maximum absolute atomic E-state index is 12.1. The van der Waals surface area contributed by atoms with E-state index in [-0.39, 0.29) is 11.8 Å². The van der Waals surface area contributed by atoms with Crippen molar-refractivity contribution in [2.45, 2.75) is 51.0 Å². The first-order chi connectivity index (χ1) is 9.66. The number of piperidine rings is 1. The van der Waals surface area contributed by atoms with E-state index in [2.05, 4.69) is 29.2 Å². The number of hydrogen-bond donors (Lipinski definition) is 1. The number of nitrogens with one attached hydrogen (secondary N) is 1. The third-order valence-electron chi connectivity index (χ3n) is 5.05. The van der Waals surface area contributed by atoms with E-state index < -0.39 is 0 Å². The van der Waals surface area contributed by atoms with Gasteiger partial charge in [0.1, 0.15) is 0 Å². The highest BCUT2D eigenvalue weighted by atomic mass is 16.1. The Labute approximate surface area is 123 Å². The molecule has 0 atom stereocenters. The van der Waals surface area contributed by atoms with E-state index in [9.17, 15) is 4.79 Å². The monoisotopic (exact) mass is 281 g/mol. The van der Waals surface area contributed by atoms with E-state index in [4.69, 9.17) is 0 Å². The molecule has 1 saturated heterocycles. The van der Waals surface area contributed by atoms with Gasteiger partial charge in [-0.05, 0) is 52.9 Å². The van der Waals surface area contributed by atoms with Crippen molar-refractivity contribution in [2.24, 2.45) is 5.92 Å². The molecule has 2 fully saturated rings. The predicted octanol–water partition coefficient (Wildman–Crippen LogP) is 1.71. The van der Waals surface area contributed by atoms with Gasteiger partial charge < -0.3 is 15.1 Å². The number of hydrogen-bond acceptors (Lipinski definition) is 3. The minimum atomic E-state index is 0.242. The van der Waals surface area contributed by atoms with Crippen LogP contribution in [0.2, 0.25) is 0 Å². The zero-order valence-electron chi connectivity index (χ0n) is 13.2. The maximum atomic E-state index is 12.1. The van der Waals surface area contributed by atoms with Crippen LogP contribution in [0.1, 0.15) is 44.9 Å². The van der Waals surface area contributed by atoms with Gasteiger partial charge in [0.15, 0.2) is 0 Å². The molecule has 116 valence electrons. The molecule has 1 saturated carbocycles. The lowest BCUT2D eigenvalue weighted by molar-refractivity contribution is -0.126. The standard InChI is InChI=1S/C16H31N3O/c1-18-11-8-14(9-12-18)16(20)17-10-13-19(2)15-6-4-3-5-7-15/h14-15H,3-13H2,1-2H3,(H,17,20). The van der Waals surface area contributed by atoms with E-state index in [0.717, 1.165) is 45.1 Å². The third-order valence-corrected chi connectivity index (χ3v) is 5.05. The Bertz CT molecular complexity index is 294.